The van der Waals surface area contributed by atoms with Crippen LogP contribution in [0.15, 0.2) is 61.5 Å². The number of hydrogen-bond donors (Lipinski definition) is 0. The third-order valence-electron chi connectivity index (χ3n) is 5.39. The van der Waals surface area contributed by atoms with E-state index in [1.165, 1.54) is 36.9 Å². The second-order valence-electron chi connectivity index (χ2n) is 7.62. The van der Waals surface area contributed by atoms with Crippen LogP contribution in [0.5, 0.6) is 5.75 Å². The van der Waals surface area contributed by atoms with Crippen molar-refractivity contribution in [2.24, 2.45) is 0 Å². The first-order valence-corrected chi connectivity index (χ1v) is 11.8. The lowest BCUT2D eigenvalue weighted by Gasteiger charge is -2.16. The van der Waals surface area contributed by atoms with Gasteiger partial charge < -0.3 is 13.8 Å². The Kier molecular flexibility index (Phi) is 6.11. The Bertz CT molecular complexity index is 1600. The average molecular weight is 486 g/mol. The number of nitrogens with zero attached hydrogens (tertiary/aromatic N) is 5. The first-order chi connectivity index (χ1) is 16.2. The SMILES string of the molecule is CCn1c(=O)c(=O)n(Cc2nc(-c3cccc(OC)c3)no2)c2cc(S(=O)(=O)N(C)C)ccc21. The third kappa shape index (κ3) is 4.01. The number of benzene rings is 2. The maximum atomic E-state index is 13.0. The molecule has 0 aliphatic heterocycles. The van der Waals surface area contributed by atoms with Gasteiger partial charge >= 0.3 is 11.1 Å². The smallest absolute Gasteiger partial charge is 0.317 e. The summed E-state index contributed by atoms with van der Waals surface area (Å²) in [6, 6.07) is 11.4. The van der Waals surface area contributed by atoms with Crippen LogP contribution in [-0.4, -0.2) is 53.2 Å². The van der Waals surface area contributed by atoms with Crippen LogP contribution in [-0.2, 0) is 23.1 Å². The summed E-state index contributed by atoms with van der Waals surface area (Å²) in [5.74, 6) is 0.976. The standard InChI is InChI=1S/C22H23N5O6S/c1-5-26-17-10-9-16(34(30,31)25(2)3)12-18(17)27(22(29)21(26)28)13-19-23-20(24-33-19)14-7-6-8-15(11-14)32-4/h6-12H,5,13H2,1-4H3. The van der Waals surface area contributed by atoms with Crippen LogP contribution in [0.2, 0.25) is 0 Å². The van der Waals surface area contributed by atoms with Crippen LogP contribution in [0, 0.1) is 0 Å². The minimum atomic E-state index is -3.77. The Hall–Kier alpha value is -3.77. The molecule has 0 N–H and O–H groups in total. The molecule has 0 aliphatic carbocycles. The fourth-order valence-corrected chi connectivity index (χ4v) is 4.50. The van der Waals surface area contributed by atoms with E-state index in [9.17, 15) is 18.0 Å². The molecule has 0 saturated heterocycles. The maximum Gasteiger partial charge on any atom is 0.317 e. The lowest BCUT2D eigenvalue weighted by Crippen LogP contribution is -2.41. The fourth-order valence-electron chi connectivity index (χ4n) is 3.57. The highest BCUT2D eigenvalue weighted by Crippen LogP contribution is 2.23. The molecular formula is C22H23N5O6S. The minimum absolute atomic E-state index is 0.0120. The van der Waals surface area contributed by atoms with Crippen molar-refractivity contribution < 1.29 is 17.7 Å². The molecule has 0 saturated carbocycles. The van der Waals surface area contributed by atoms with E-state index in [2.05, 4.69) is 10.1 Å². The van der Waals surface area contributed by atoms with Crippen LogP contribution in [0.4, 0.5) is 0 Å². The zero-order chi connectivity index (χ0) is 24.6. The molecule has 178 valence electrons. The van der Waals surface area contributed by atoms with Gasteiger partial charge in [0.05, 0.1) is 23.0 Å². The first-order valence-electron chi connectivity index (χ1n) is 10.3. The number of rotatable bonds is 7. The van der Waals surface area contributed by atoms with Crippen molar-refractivity contribution in [3.05, 3.63) is 69.1 Å². The van der Waals surface area contributed by atoms with Crippen LogP contribution in [0.1, 0.15) is 12.8 Å². The summed E-state index contributed by atoms with van der Waals surface area (Å²) in [6.07, 6.45) is 0. The molecule has 0 atom stereocenters. The highest BCUT2D eigenvalue weighted by molar-refractivity contribution is 7.89. The van der Waals surface area contributed by atoms with Gasteiger partial charge in [-0.05, 0) is 37.3 Å². The van der Waals surface area contributed by atoms with E-state index in [-0.39, 0.29) is 35.2 Å². The summed E-state index contributed by atoms with van der Waals surface area (Å²) in [5, 5.41) is 3.96. The van der Waals surface area contributed by atoms with E-state index in [0.29, 0.717) is 16.8 Å². The van der Waals surface area contributed by atoms with Crippen LogP contribution >= 0.6 is 0 Å². The van der Waals surface area contributed by atoms with Crippen LogP contribution in [0.3, 0.4) is 0 Å². The van der Waals surface area contributed by atoms with Crippen LogP contribution < -0.4 is 15.9 Å². The average Bonchev–Trinajstić information content (AvgIpc) is 3.30. The molecule has 0 unspecified atom stereocenters. The van der Waals surface area contributed by atoms with Gasteiger partial charge in [-0.15, -0.1) is 0 Å². The van der Waals surface area contributed by atoms with E-state index in [0.717, 1.165) is 8.87 Å². The van der Waals surface area contributed by atoms with E-state index >= 15 is 0 Å². The van der Waals surface area contributed by atoms with Crippen molar-refractivity contribution in [3.63, 3.8) is 0 Å². The van der Waals surface area contributed by atoms with Crippen molar-refractivity contribution in [3.8, 4) is 17.1 Å². The van der Waals surface area contributed by atoms with Crippen LogP contribution in [0.25, 0.3) is 22.4 Å². The van der Waals surface area contributed by atoms with Gasteiger partial charge in [0.15, 0.2) is 0 Å². The number of ether oxygens (including phenoxy) is 1. The topological polar surface area (TPSA) is 130 Å². The summed E-state index contributed by atoms with van der Waals surface area (Å²) >= 11 is 0. The Labute approximate surface area is 194 Å². The first kappa shape index (κ1) is 23.4. The van der Waals surface area contributed by atoms with Crippen molar-refractivity contribution in [1.29, 1.82) is 0 Å². The Balaban J connectivity index is 1.87. The van der Waals surface area contributed by atoms with Crippen molar-refractivity contribution in [1.82, 2.24) is 23.6 Å². The molecule has 0 spiro atoms. The van der Waals surface area contributed by atoms with Gasteiger partial charge in [0, 0.05) is 26.2 Å². The molecule has 2 heterocycles. The predicted molar refractivity (Wildman–Crippen MR) is 124 cm³/mol. The maximum absolute atomic E-state index is 13.0. The van der Waals surface area contributed by atoms with E-state index in [1.54, 1.807) is 38.3 Å². The molecule has 0 radical (unpaired) electrons. The summed E-state index contributed by atoms with van der Waals surface area (Å²) in [7, 11) is 0.601. The summed E-state index contributed by atoms with van der Waals surface area (Å²) in [6.45, 7) is 1.76. The lowest BCUT2D eigenvalue weighted by atomic mass is 10.2. The third-order valence-corrected chi connectivity index (χ3v) is 7.20. The second-order valence-corrected chi connectivity index (χ2v) is 9.77. The van der Waals surface area contributed by atoms with Gasteiger partial charge in [0.2, 0.25) is 21.7 Å². The van der Waals surface area contributed by atoms with Gasteiger partial charge in [0.1, 0.15) is 12.3 Å². The fraction of sp³-hybridized carbons (Fsp3) is 0.273. The number of hydrogen-bond acceptors (Lipinski definition) is 8. The van der Waals surface area contributed by atoms with Gasteiger partial charge in [0.25, 0.3) is 0 Å². The normalized spacial score (nSPS) is 11.9. The van der Waals surface area contributed by atoms with Gasteiger partial charge in [-0.25, -0.2) is 12.7 Å². The molecule has 0 aliphatic rings. The number of methoxy groups -OCH3 is 1. The summed E-state index contributed by atoms with van der Waals surface area (Å²) in [5.41, 5.74) is -0.235. The molecule has 2 aromatic carbocycles. The zero-order valence-corrected chi connectivity index (χ0v) is 19.9. The molecule has 4 rings (SSSR count). The second kappa shape index (κ2) is 8.88. The van der Waals surface area contributed by atoms with Crippen molar-refractivity contribution in [2.45, 2.75) is 24.9 Å². The largest absolute Gasteiger partial charge is 0.497 e. The molecule has 11 nitrogen and oxygen atoms in total. The Morgan fingerprint density at radius 2 is 1.76 bits per heavy atom. The number of aromatic nitrogens is 4. The quantitative estimate of drug-likeness (QED) is 0.361. The minimum Gasteiger partial charge on any atom is -0.497 e. The molecular weight excluding hydrogens is 462 g/mol. The van der Waals surface area contributed by atoms with Crippen molar-refractivity contribution >= 4 is 21.1 Å². The van der Waals surface area contributed by atoms with E-state index in [4.69, 9.17) is 9.26 Å². The molecule has 0 bridgehead atoms. The molecule has 4 aromatic rings. The van der Waals surface area contributed by atoms with Gasteiger partial charge in [-0.1, -0.05) is 17.3 Å². The lowest BCUT2D eigenvalue weighted by molar-refractivity contribution is 0.371. The summed E-state index contributed by atoms with van der Waals surface area (Å²) < 4.78 is 39.4. The molecule has 12 heteroatoms. The van der Waals surface area contributed by atoms with E-state index in [1.807, 2.05) is 0 Å². The van der Waals surface area contributed by atoms with Crippen molar-refractivity contribution in [2.75, 3.05) is 21.2 Å². The van der Waals surface area contributed by atoms with Gasteiger partial charge in [-0.2, -0.15) is 4.98 Å². The highest BCUT2D eigenvalue weighted by atomic mass is 32.2. The number of aryl methyl sites for hydroxylation is 1. The van der Waals surface area contributed by atoms with E-state index < -0.39 is 21.1 Å². The monoisotopic (exact) mass is 485 g/mol. The highest BCUT2D eigenvalue weighted by Gasteiger charge is 2.21. The Morgan fingerprint density at radius 1 is 1.03 bits per heavy atom. The molecule has 34 heavy (non-hydrogen) atoms. The number of sulfonamides is 1. The summed E-state index contributed by atoms with van der Waals surface area (Å²) in [4.78, 5) is 30.1. The zero-order valence-electron chi connectivity index (χ0n) is 19.0. The molecule has 0 amide bonds. The van der Waals surface area contributed by atoms with Gasteiger partial charge in [-0.3, -0.25) is 14.2 Å². The molecule has 0 fully saturated rings. The predicted octanol–water partition coefficient (Wildman–Crippen LogP) is 1.54. The Morgan fingerprint density at radius 3 is 2.44 bits per heavy atom. The number of fused-ring (bicyclic) bond motifs is 1. The molecule has 2 aromatic heterocycles.